The number of anilines is 2. The summed E-state index contributed by atoms with van der Waals surface area (Å²) in [6.07, 6.45) is 0.0558. The van der Waals surface area contributed by atoms with Crippen LogP contribution in [0.25, 0.3) is 0 Å². The number of rotatable bonds is 8. The Hall–Kier alpha value is -2.62. The number of nitrogens with one attached hydrogen (secondary N) is 1. The molecule has 0 saturated carbocycles. The minimum Gasteiger partial charge on any atom is -0.495 e. The molecule has 33 heavy (non-hydrogen) atoms. The molecule has 0 radical (unpaired) electrons. The van der Waals surface area contributed by atoms with E-state index in [-0.39, 0.29) is 29.7 Å². The quantitative estimate of drug-likeness (QED) is 0.605. The number of benzene rings is 2. The smallest absolute Gasteiger partial charge is 0.243 e. The summed E-state index contributed by atoms with van der Waals surface area (Å²) in [7, 11) is -2.09. The highest BCUT2D eigenvalue weighted by Crippen LogP contribution is 2.33. The first kappa shape index (κ1) is 25.0. The minimum absolute atomic E-state index is 0.0558. The normalized spacial score (nSPS) is 16.4. The SMILES string of the molecule is CCN(CC)S(=O)(=O)c1ccc(N2C[C@H](C(=O)Nc3cc(C)c(Cl)cc3OC)CC2=O)cc1. The fraction of sp³-hybridized carbons (Fsp3) is 0.391. The second-order valence-corrected chi connectivity index (χ2v) is 10.1. The number of amides is 2. The number of hydrogen-bond acceptors (Lipinski definition) is 5. The number of carbonyl (C=O) groups excluding carboxylic acids is 2. The van der Waals surface area contributed by atoms with E-state index in [1.807, 2.05) is 6.92 Å². The summed E-state index contributed by atoms with van der Waals surface area (Å²) in [5.74, 6) is -0.622. The number of methoxy groups -OCH3 is 1. The molecule has 0 aliphatic carbocycles. The number of ether oxygens (including phenoxy) is 1. The van der Waals surface area contributed by atoms with Crippen LogP contribution in [-0.2, 0) is 19.6 Å². The molecule has 2 aromatic rings. The van der Waals surface area contributed by atoms with Gasteiger partial charge in [-0.3, -0.25) is 9.59 Å². The highest BCUT2D eigenvalue weighted by atomic mass is 35.5. The van der Waals surface area contributed by atoms with Gasteiger partial charge in [0.25, 0.3) is 0 Å². The van der Waals surface area contributed by atoms with Crippen molar-refractivity contribution in [3.8, 4) is 5.75 Å². The van der Waals surface area contributed by atoms with Gasteiger partial charge in [-0.25, -0.2) is 8.42 Å². The third-order valence-corrected chi connectivity index (χ3v) is 8.20. The predicted molar refractivity (Wildman–Crippen MR) is 128 cm³/mol. The molecule has 3 rings (SSSR count). The Kier molecular flexibility index (Phi) is 7.66. The van der Waals surface area contributed by atoms with Crippen molar-refractivity contribution in [3.63, 3.8) is 0 Å². The van der Waals surface area contributed by atoms with Crippen molar-refractivity contribution in [2.24, 2.45) is 5.92 Å². The Balaban J connectivity index is 1.74. The average Bonchev–Trinajstić information content (AvgIpc) is 3.18. The molecule has 0 spiro atoms. The fourth-order valence-corrected chi connectivity index (χ4v) is 5.42. The third kappa shape index (κ3) is 5.15. The van der Waals surface area contributed by atoms with Crippen LogP contribution in [-0.4, -0.2) is 51.3 Å². The molecule has 0 bridgehead atoms. The van der Waals surface area contributed by atoms with Crippen LogP contribution in [0.1, 0.15) is 25.8 Å². The van der Waals surface area contributed by atoms with E-state index in [0.29, 0.717) is 35.2 Å². The van der Waals surface area contributed by atoms with E-state index in [4.69, 9.17) is 16.3 Å². The molecular weight excluding hydrogens is 466 g/mol. The largest absolute Gasteiger partial charge is 0.495 e. The lowest BCUT2D eigenvalue weighted by Gasteiger charge is -2.20. The van der Waals surface area contributed by atoms with Crippen LogP contribution in [0.3, 0.4) is 0 Å². The molecular formula is C23H28ClN3O5S. The molecule has 10 heteroatoms. The number of aryl methyl sites for hydroxylation is 1. The van der Waals surface area contributed by atoms with Gasteiger partial charge in [-0.2, -0.15) is 4.31 Å². The minimum atomic E-state index is -3.58. The zero-order valence-electron chi connectivity index (χ0n) is 19.1. The Bertz CT molecular complexity index is 1150. The van der Waals surface area contributed by atoms with E-state index in [1.165, 1.54) is 28.4 Å². The van der Waals surface area contributed by atoms with Gasteiger partial charge < -0.3 is 15.0 Å². The van der Waals surface area contributed by atoms with Gasteiger partial charge in [-0.05, 0) is 42.8 Å². The summed E-state index contributed by atoms with van der Waals surface area (Å²) in [6, 6.07) is 9.53. The maximum atomic E-state index is 12.9. The lowest BCUT2D eigenvalue weighted by Crippen LogP contribution is -2.31. The van der Waals surface area contributed by atoms with Gasteiger partial charge >= 0.3 is 0 Å². The molecule has 178 valence electrons. The summed E-state index contributed by atoms with van der Waals surface area (Å²) >= 11 is 6.12. The van der Waals surface area contributed by atoms with Gasteiger partial charge in [-0.15, -0.1) is 0 Å². The molecule has 1 saturated heterocycles. The van der Waals surface area contributed by atoms with Crippen molar-refractivity contribution < 1.29 is 22.7 Å². The fourth-order valence-electron chi connectivity index (χ4n) is 3.81. The van der Waals surface area contributed by atoms with E-state index in [2.05, 4.69) is 5.32 Å². The number of halogens is 1. The molecule has 8 nitrogen and oxygen atoms in total. The molecule has 1 aliphatic heterocycles. The van der Waals surface area contributed by atoms with Crippen LogP contribution in [0.15, 0.2) is 41.3 Å². The molecule has 0 aromatic heterocycles. The summed E-state index contributed by atoms with van der Waals surface area (Å²) in [5, 5.41) is 3.36. The second kappa shape index (κ2) is 10.1. The summed E-state index contributed by atoms with van der Waals surface area (Å²) in [6.45, 7) is 6.33. The van der Waals surface area contributed by atoms with Crippen LogP contribution in [0.5, 0.6) is 5.75 Å². The number of hydrogen-bond donors (Lipinski definition) is 1. The first-order chi connectivity index (χ1) is 15.6. The highest BCUT2D eigenvalue weighted by Gasteiger charge is 2.35. The van der Waals surface area contributed by atoms with Crippen LogP contribution < -0.4 is 15.0 Å². The van der Waals surface area contributed by atoms with E-state index in [1.54, 1.807) is 38.1 Å². The Morgan fingerprint density at radius 1 is 1.21 bits per heavy atom. The second-order valence-electron chi connectivity index (χ2n) is 7.78. The molecule has 1 aliphatic rings. The number of carbonyl (C=O) groups is 2. The van der Waals surface area contributed by atoms with E-state index in [9.17, 15) is 18.0 Å². The molecule has 1 N–H and O–H groups in total. The zero-order valence-corrected chi connectivity index (χ0v) is 20.7. The van der Waals surface area contributed by atoms with Gasteiger partial charge in [-0.1, -0.05) is 25.4 Å². The first-order valence-electron chi connectivity index (χ1n) is 10.7. The molecule has 0 unspecified atom stereocenters. The number of nitrogens with zero attached hydrogens (tertiary/aromatic N) is 2. The van der Waals surface area contributed by atoms with Gasteiger partial charge in [0, 0.05) is 42.8 Å². The van der Waals surface area contributed by atoms with Gasteiger partial charge in [0.15, 0.2) is 0 Å². The molecule has 2 amide bonds. The van der Waals surface area contributed by atoms with Crippen molar-refractivity contribution in [1.82, 2.24) is 4.31 Å². The van der Waals surface area contributed by atoms with Gasteiger partial charge in [0.05, 0.1) is 23.6 Å². The zero-order chi connectivity index (χ0) is 24.3. The van der Waals surface area contributed by atoms with Gasteiger partial charge in [0.2, 0.25) is 21.8 Å². The maximum absolute atomic E-state index is 12.9. The van der Waals surface area contributed by atoms with Crippen molar-refractivity contribution in [2.45, 2.75) is 32.1 Å². The standard InChI is InChI=1S/C23H28ClN3O5S/c1-5-26(6-2)33(30,31)18-9-7-17(8-10-18)27-14-16(12-22(27)28)23(29)25-20-11-15(3)19(24)13-21(20)32-4/h7-11,13,16H,5-6,12,14H2,1-4H3,(H,25,29)/t16-/m1/s1. The molecule has 1 fully saturated rings. The highest BCUT2D eigenvalue weighted by molar-refractivity contribution is 7.89. The molecule has 1 atom stereocenters. The van der Waals surface area contributed by atoms with E-state index < -0.39 is 15.9 Å². The van der Waals surface area contributed by atoms with Crippen LogP contribution in [0.2, 0.25) is 5.02 Å². The van der Waals surface area contributed by atoms with Crippen molar-refractivity contribution >= 4 is 44.8 Å². The average molecular weight is 494 g/mol. The molecule has 1 heterocycles. The van der Waals surface area contributed by atoms with Crippen LogP contribution >= 0.6 is 11.6 Å². The number of sulfonamides is 1. The van der Waals surface area contributed by atoms with Crippen molar-refractivity contribution in [3.05, 3.63) is 47.0 Å². The van der Waals surface area contributed by atoms with Crippen molar-refractivity contribution in [1.29, 1.82) is 0 Å². The Labute approximate surface area is 199 Å². The summed E-state index contributed by atoms with van der Waals surface area (Å²) in [4.78, 5) is 27.2. The molecule has 2 aromatic carbocycles. The summed E-state index contributed by atoms with van der Waals surface area (Å²) in [5.41, 5.74) is 1.83. The Morgan fingerprint density at radius 2 is 1.85 bits per heavy atom. The summed E-state index contributed by atoms with van der Waals surface area (Å²) < 4.78 is 32.0. The lowest BCUT2D eigenvalue weighted by atomic mass is 10.1. The van der Waals surface area contributed by atoms with Gasteiger partial charge in [0.1, 0.15) is 5.75 Å². The Morgan fingerprint density at radius 3 is 2.42 bits per heavy atom. The topological polar surface area (TPSA) is 96.0 Å². The predicted octanol–water partition coefficient (Wildman–Crippen LogP) is 3.68. The maximum Gasteiger partial charge on any atom is 0.243 e. The van der Waals surface area contributed by atoms with Crippen LogP contribution in [0, 0.1) is 12.8 Å². The first-order valence-corrected chi connectivity index (χ1v) is 12.5. The van der Waals surface area contributed by atoms with Crippen LogP contribution in [0.4, 0.5) is 11.4 Å². The van der Waals surface area contributed by atoms with E-state index >= 15 is 0 Å². The third-order valence-electron chi connectivity index (χ3n) is 5.73. The lowest BCUT2D eigenvalue weighted by molar-refractivity contribution is -0.122. The van der Waals surface area contributed by atoms with E-state index in [0.717, 1.165) is 5.56 Å². The monoisotopic (exact) mass is 493 g/mol. The van der Waals surface area contributed by atoms with Crippen molar-refractivity contribution in [2.75, 3.05) is 37.0 Å².